The third kappa shape index (κ3) is 6.01. The Kier molecular flexibility index (Phi) is 7.22. The number of esters is 2. The topological polar surface area (TPSA) is 61.8 Å². The lowest BCUT2D eigenvalue weighted by Crippen LogP contribution is -2.24. The first-order valence-electron chi connectivity index (χ1n) is 10.8. The summed E-state index contributed by atoms with van der Waals surface area (Å²) in [6.07, 6.45) is 2.47. The van der Waals surface area contributed by atoms with Crippen LogP contribution in [0.2, 0.25) is 0 Å². The molecule has 0 aliphatic heterocycles. The minimum Gasteiger partial charge on any atom is -0.496 e. The predicted octanol–water partition coefficient (Wildman–Crippen LogP) is 5.97. The molecule has 0 aliphatic rings. The summed E-state index contributed by atoms with van der Waals surface area (Å²) in [5, 5.41) is 2.19. The molecule has 0 amide bonds. The second-order valence-electron chi connectivity index (χ2n) is 8.92. The van der Waals surface area contributed by atoms with Crippen LogP contribution in [0.25, 0.3) is 16.8 Å². The fourth-order valence-electron chi connectivity index (χ4n) is 3.61. The van der Waals surface area contributed by atoms with Crippen LogP contribution in [0.4, 0.5) is 0 Å². The molecule has 3 rings (SSSR count). The Morgan fingerprint density at radius 2 is 1.70 bits per heavy atom. The highest BCUT2D eigenvalue weighted by Gasteiger charge is 2.17. The third-order valence-corrected chi connectivity index (χ3v) is 5.19. The zero-order valence-electron chi connectivity index (χ0n) is 20.0. The van der Waals surface area contributed by atoms with E-state index in [-0.39, 0.29) is 5.97 Å². The van der Waals surface area contributed by atoms with Gasteiger partial charge in [0.2, 0.25) is 0 Å². The molecular weight excluding hydrogens is 416 g/mol. The fourth-order valence-corrected chi connectivity index (χ4v) is 3.61. The molecule has 172 valence electrons. The van der Waals surface area contributed by atoms with Crippen molar-refractivity contribution in [3.63, 3.8) is 0 Å². The molecule has 0 fully saturated rings. The number of rotatable bonds is 6. The van der Waals surface area contributed by atoms with Gasteiger partial charge in [0.1, 0.15) is 11.4 Å². The van der Waals surface area contributed by atoms with Gasteiger partial charge in [-0.1, -0.05) is 36.4 Å². The van der Waals surface area contributed by atoms with E-state index in [0.717, 1.165) is 27.5 Å². The molecule has 0 atom stereocenters. The Balaban J connectivity index is 1.96. The van der Waals surface area contributed by atoms with Crippen LogP contribution in [0.5, 0.6) is 5.75 Å². The molecule has 3 aromatic carbocycles. The van der Waals surface area contributed by atoms with Crippen molar-refractivity contribution in [1.29, 1.82) is 0 Å². The van der Waals surface area contributed by atoms with Gasteiger partial charge >= 0.3 is 11.9 Å². The highest BCUT2D eigenvalue weighted by Crippen LogP contribution is 2.28. The average Bonchev–Trinajstić information content (AvgIpc) is 2.78. The molecule has 0 saturated carbocycles. The van der Waals surface area contributed by atoms with Gasteiger partial charge in [0.05, 0.1) is 19.8 Å². The number of hydrogen-bond acceptors (Lipinski definition) is 5. The van der Waals surface area contributed by atoms with E-state index in [1.165, 1.54) is 7.11 Å². The van der Waals surface area contributed by atoms with Gasteiger partial charge in [-0.3, -0.25) is 0 Å². The van der Waals surface area contributed by atoms with E-state index in [1.54, 1.807) is 26.2 Å². The van der Waals surface area contributed by atoms with Crippen molar-refractivity contribution in [2.45, 2.75) is 39.7 Å². The van der Waals surface area contributed by atoms with E-state index in [1.807, 2.05) is 51.1 Å². The zero-order valence-corrected chi connectivity index (χ0v) is 20.0. The van der Waals surface area contributed by atoms with Crippen molar-refractivity contribution in [3.05, 3.63) is 82.4 Å². The Bertz CT molecular complexity index is 1210. The number of hydrogen-bond donors (Lipinski definition) is 0. The third-order valence-electron chi connectivity index (χ3n) is 5.19. The summed E-state index contributed by atoms with van der Waals surface area (Å²) in [5.41, 5.74) is 3.45. The van der Waals surface area contributed by atoms with Gasteiger partial charge in [0.25, 0.3) is 0 Å². The van der Waals surface area contributed by atoms with Crippen LogP contribution in [0, 0.1) is 0 Å². The molecule has 3 aromatic rings. The van der Waals surface area contributed by atoms with Gasteiger partial charge in [0.15, 0.2) is 0 Å². The molecule has 0 unspecified atom stereocenters. The molecule has 0 heterocycles. The Morgan fingerprint density at radius 1 is 0.939 bits per heavy atom. The van der Waals surface area contributed by atoms with Crippen molar-refractivity contribution in [2.24, 2.45) is 0 Å². The highest BCUT2D eigenvalue weighted by atomic mass is 16.6. The lowest BCUT2D eigenvalue weighted by molar-refractivity contribution is -0.149. The maximum atomic E-state index is 12.4. The number of carbonyl (C=O) groups is 2. The zero-order chi connectivity index (χ0) is 24.2. The number of fused-ring (bicyclic) bond motifs is 1. The van der Waals surface area contributed by atoms with Crippen LogP contribution in [0.3, 0.4) is 0 Å². The first-order chi connectivity index (χ1) is 15.6. The van der Waals surface area contributed by atoms with Crippen molar-refractivity contribution in [2.75, 3.05) is 14.2 Å². The number of ether oxygens (including phenoxy) is 3. The number of methoxy groups -OCH3 is 2. The van der Waals surface area contributed by atoms with Crippen LogP contribution >= 0.6 is 0 Å². The van der Waals surface area contributed by atoms with Crippen LogP contribution in [-0.4, -0.2) is 31.8 Å². The molecule has 0 aliphatic carbocycles. The smallest absolute Gasteiger partial charge is 0.337 e. The minimum absolute atomic E-state index is 0.327. The van der Waals surface area contributed by atoms with E-state index < -0.39 is 11.6 Å². The van der Waals surface area contributed by atoms with Crippen molar-refractivity contribution in [3.8, 4) is 5.75 Å². The summed E-state index contributed by atoms with van der Waals surface area (Å²) in [6.45, 7) is 7.32. The molecule has 0 N–H and O–H groups in total. The lowest BCUT2D eigenvalue weighted by Gasteiger charge is -2.19. The number of benzene rings is 3. The molecule has 5 nitrogen and oxygen atoms in total. The van der Waals surface area contributed by atoms with Gasteiger partial charge < -0.3 is 14.2 Å². The van der Waals surface area contributed by atoms with Crippen LogP contribution in [0.15, 0.2) is 60.2 Å². The predicted molar refractivity (Wildman–Crippen MR) is 131 cm³/mol. The van der Waals surface area contributed by atoms with Crippen LogP contribution < -0.4 is 4.74 Å². The molecule has 33 heavy (non-hydrogen) atoms. The molecule has 0 radical (unpaired) electrons. The molecule has 0 saturated heterocycles. The SMILES string of the molecule is COC(=O)c1ccc(Cc2cccc3ccc(/C=C(/C)C(=O)OC(C)(C)C)cc23)c(OC)c1. The van der Waals surface area contributed by atoms with Gasteiger partial charge in [0, 0.05) is 12.0 Å². The first-order valence-corrected chi connectivity index (χ1v) is 10.8. The summed E-state index contributed by atoms with van der Waals surface area (Å²) in [5.74, 6) is -0.0974. The lowest BCUT2D eigenvalue weighted by atomic mass is 9.95. The Morgan fingerprint density at radius 3 is 2.36 bits per heavy atom. The van der Waals surface area contributed by atoms with E-state index in [2.05, 4.69) is 18.2 Å². The Labute approximate surface area is 195 Å². The van der Waals surface area contributed by atoms with E-state index in [9.17, 15) is 9.59 Å². The van der Waals surface area contributed by atoms with Gasteiger partial charge in [-0.2, -0.15) is 0 Å². The molecule has 0 aromatic heterocycles. The van der Waals surface area contributed by atoms with E-state index in [4.69, 9.17) is 14.2 Å². The minimum atomic E-state index is -0.536. The monoisotopic (exact) mass is 446 g/mol. The van der Waals surface area contributed by atoms with Gasteiger partial charge in [-0.25, -0.2) is 9.59 Å². The summed E-state index contributed by atoms with van der Waals surface area (Å²) in [6, 6.07) is 17.6. The molecule has 0 bridgehead atoms. The maximum absolute atomic E-state index is 12.4. The second-order valence-corrected chi connectivity index (χ2v) is 8.92. The summed E-state index contributed by atoms with van der Waals surface area (Å²) >= 11 is 0. The van der Waals surface area contributed by atoms with Crippen LogP contribution in [-0.2, 0) is 20.7 Å². The fraction of sp³-hybridized carbons (Fsp3) is 0.286. The summed E-state index contributed by atoms with van der Waals surface area (Å²) < 4.78 is 15.8. The first kappa shape index (κ1) is 24.1. The van der Waals surface area contributed by atoms with Gasteiger partial charge in [-0.15, -0.1) is 0 Å². The van der Waals surface area contributed by atoms with E-state index >= 15 is 0 Å². The molecular formula is C28H30O5. The second kappa shape index (κ2) is 9.90. The van der Waals surface area contributed by atoms with Crippen molar-refractivity contribution >= 4 is 28.8 Å². The van der Waals surface area contributed by atoms with Gasteiger partial charge in [-0.05, 0) is 79.4 Å². The molecule has 5 heteroatoms. The standard InChI is InChI=1S/C28H30O5/c1-18(26(29)33-28(2,3)4)14-19-10-11-20-8-7-9-21(24(20)15-19)16-22-12-13-23(27(30)32-6)17-25(22)31-5/h7-15,17H,16H2,1-6H3/b18-14-. The van der Waals surface area contributed by atoms with Crippen molar-refractivity contribution in [1.82, 2.24) is 0 Å². The van der Waals surface area contributed by atoms with Crippen molar-refractivity contribution < 1.29 is 23.8 Å². The van der Waals surface area contributed by atoms with Crippen LogP contribution in [0.1, 0.15) is 54.7 Å². The largest absolute Gasteiger partial charge is 0.496 e. The number of carbonyl (C=O) groups excluding carboxylic acids is 2. The quantitative estimate of drug-likeness (QED) is 0.345. The Hall–Kier alpha value is -3.60. The summed E-state index contributed by atoms with van der Waals surface area (Å²) in [4.78, 5) is 24.2. The highest BCUT2D eigenvalue weighted by molar-refractivity contribution is 5.95. The van der Waals surface area contributed by atoms with E-state index in [0.29, 0.717) is 23.3 Å². The summed E-state index contributed by atoms with van der Waals surface area (Å²) in [7, 11) is 2.95. The average molecular weight is 447 g/mol. The maximum Gasteiger partial charge on any atom is 0.337 e. The molecule has 0 spiro atoms. The normalized spacial score (nSPS) is 11.9.